The first kappa shape index (κ1) is 21.2. The van der Waals surface area contributed by atoms with Gasteiger partial charge >= 0.3 is 12.1 Å². The molecule has 0 aromatic heterocycles. The summed E-state index contributed by atoms with van der Waals surface area (Å²) < 4.78 is 16.0. The number of ether oxygens (including phenoxy) is 3. The van der Waals surface area contributed by atoms with E-state index in [1.54, 1.807) is 26.0 Å². The number of amides is 1. The topological polar surface area (TPSA) is 88.9 Å². The maximum Gasteiger partial charge on any atom is 0.410 e. The Kier molecular flexibility index (Phi) is 6.91. The van der Waals surface area contributed by atoms with Crippen LogP contribution in [-0.4, -0.2) is 42.3 Å². The molecule has 1 amide bonds. The Hall–Kier alpha value is -3.53. The molecule has 0 saturated carbocycles. The Balaban J connectivity index is 1.58. The average molecular weight is 408 g/mol. The molecule has 2 aromatic carbocycles. The molecule has 2 aromatic rings. The lowest BCUT2D eigenvalue weighted by Gasteiger charge is -2.26. The zero-order chi connectivity index (χ0) is 21.5. The van der Waals surface area contributed by atoms with Crippen molar-refractivity contribution in [2.45, 2.75) is 39.0 Å². The Morgan fingerprint density at radius 3 is 2.50 bits per heavy atom. The summed E-state index contributed by atoms with van der Waals surface area (Å²) in [6.45, 7) is 4.29. The van der Waals surface area contributed by atoms with E-state index in [2.05, 4.69) is 6.07 Å². The predicted molar refractivity (Wildman–Crippen MR) is 109 cm³/mol. The summed E-state index contributed by atoms with van der Waals surface area (Å²) >= 11 is 0. The lowest BCUT2D eigenvalue weighted by molar-refractivity contribution is -0.148. The van der Waals surface area contributed by atoms with Crippen LogP contribution in [0.1, 0.15) is 30.5 Å². The van der Waals surface area contributed by atoms with Crippen molar-refractivity contribution in [1.82, 2.24) is 4.90 Å². The highest BCUT2D eigenvalue weighted by Gasteiger charge is 2.39. The molecule has 7 nitrogen and oxygen atoms in total. The molecule has 2 atom stereocenters. The van der Waals surface area contributed by atoms with Crippen LogP contribution >= 0.6 is 0 Å². The largest absolute Gasteiger partial charge is 0.489 e. The van der Waals surface area contributed by atoms with Crippen LogP contribution < -0.4 is 4.74 Å². The van der Waals surface area contributed by atoms with Crippen molar-refractivity contribution in [3.05, 3.63) is 65.2 Å². The zero-order valence-electron chi connectivity index (χ0n) is 17.0. The van der Waals surface area contributed by atoms with Gasteiger partial charge in [-0.3, -0.25) is 4.90 Å². The molecule has 1 heterocycles. The fourth-order valence-electron chi connectivity index (χ4n) is 3.32. The van der Waals surface area contributed by atoms with E-state index in [-0.39, 0.29) is 19.3 Å². The van der Waals surface area contributed by atoms with E-state index in [1.165, 1.54) is 4.90 Å². The summed E-state index contributed by atoms with van der Waals surface area (Å²) in [7, 11) is 0. The Bertz CT molecular complexity index is 918. The molecule has 1 fully saturated rings. The molecule has 1 saturated heterocycles. The molecule has 7 heteroatoms. The molecule has 1 aliphatic rings. The van der Waals surface area contributed by atoms with Gasteiger partial charge in [0.1, 0.15) is 25.0 Å². The Morgan fingerprint density at radius 1 is 1.20 bits per heavy atom. The lowest BCUT2D eigenvalue weighted by atomic mass is 10.0. The minimum absolute atomic E-state index is 0.234. The van der Waals surface area contributed by atoms with Crippen LogP contribution in [0, 0.1) is 11.3 Å². The second kappa shape index (κ2) is 9.79. The van der Waals surface area contributed by atoms with Gasteiger partial charge in [-0.25, -0.2) is 9.59 Å². The molecule has 3 rings (SSSR count). The predicted octanol–water partition coefficient (Wildman–Crippen LogP) is 3.45. The first-order chi connectivity index (χ1) is 14.5. The highest BCUT2D eigenvalue weighted by molar-refractivity contribution is 5.82. The summed E-state index contributed by atoms with van der Waals surface area (Å²) in [6.07, 6.45) is 0.0636. The fraction of sp³-hybridized carbons (Fsp3) is 0.348. The summed E-state index contributed by atoms with van der Waals surface area (Å²) in [4.78, 5) is 25.6. The van der Waals surface area contributed by atoms with Crippen LogP contribution in [0.2, 0.25) is 0 Å². The fourth-order valence-corrected chi connectivity index (χ4v) is 3.32. The number of carbonyl (C=O) groups excluding carboxylic acids is 2. The number of cyclic esters (lactones) is 1. The molecule has 156 valence electrons. The van der Waals surface area contributed by atoms with Crippen molar-refractivity contribution in [1.29, 1.82) is 5.26 Å². The maximum atomic E-state index is 12.1. The second-order valence-electron chi connectivity index (χ2n) is 7.01. The third-order valence-corrected chi connectivity index (χ3v) is 4.93. The summed E-state index contributed by atoms with van der Waals surface area (Å²) in [6, 6.07) is 16.0. The first-order valence-electron chi connectivity index (χ1n) is 9.84. The van der Waals surface area contributed by atoms with Crippen molar-refractivity contribution >= 4 is 12.1 Å². The molecule has 0 aliphatic carbocycles. The van der Waals surface area contributed by atoms with Crippen LogP contribution in [0.5, 0.6) is 5.75 Å². The average Bonchev–Trinajstić information content (AvgIpc) is 3.13. The Morgan fingerprint density at radius 2 is 1.87 bits per heavy atom. The smallest absolute Gasteiger partial charge is 0.410 e. The lowest BCUT2D eigenvalue weighted by Crippen LogP contribution is -2.46. The van der Waals surface area contributed by atoms with E-state index in [9.17, 15) is 9.59 Å². The second-order valence-corrected chi connectivity index (χ2v) is 7.01. The van der Waals surface area contributed by atoms with Crippen LogP contribution in [0.15, 0.2) is 48.5 Å². The van der Waals surface area contributed by atoms with Gasteiger partial charge in [-0.1, -0.05) is 24.3 Å². The molecule has 1 unspecified atom stereocenters. The summed E-state index contributed by atoms with van der Waals surface area (Å²) in [5, 5.41) is 8.84. The standard InChI is InChI=1S/C23H24N2O5/c1-3-28-22(26)16(2)25-20(15-30-23(25)27)12-17-8-10-21(11-9-17)29-14-19-6-4-18(13-24)5-7-19/h4-11,16,20H,3,12,14-15H2,1-2H3/t16?,20-/m1/s1. The van der Waals surface area contributed by atoms with E-state index in [0.717, 1.165) is 16.9 Å². The van der Waals surface area contributed by atoms with Gasteiger partial charge in [0.15, 0.2) is 0 Å². The van der Waals surface area contributed by atoms with Crippen molar-refractivity contribution < 1.29 is 23.8 Å². The molecule has 30 heavy (non-hydrogen) atoms. The third kappa shape index (κ3) is 5.09. The van der Waals surface area contributed by atoms with Crippen LogP contribution in [-0.2, 0) is 27.3 Å². The molecular weight excluding hydrogens is 384 g/mol. The van der Waals surface area contributed by atoms with Gasteiger partial charge in [0.05, 0.1) is 24.3 Å². The van der Waals surface area contributed by atoms with Crippen LogP contribution in [0.3, 0.4) is 0 Å². The van der Waals surface area contributed by atoms with Crippen LogP contribution in [0.25, 0.3) is 0 Å². The molecule has 0 radical (unpaired) electrons. The van der Waals surface area contributed by atoms with Gasteiger partial charge in [-0.05, 0) is 55.7 Å². The number of nitriles is 1. The van der Waals surface area contributed by atoms with Crippen molar-refractivity contribution in [2.24, 2.45) is 0 Å². The number of carbonyl (C=O) groups is 2. The quantitative estimate of drug-likeness (QED) is 0.622. The molecule has 0 N–H and O–H groups in total. The van der Waals surface area contributed by atoms with Gasteiger partial charge in [-0.15, -0.1) is 0 Å². The van der Waals surface area contributed by atoms with E-state index >= 15 is 0 Å². The first-order valence-corrected chi connectivity index (χ1v) is 9.84. The van der Waals surface area contributed by atoms with E-state index in [1.807, 2.05) is 36.4 Å². The highest BCUT2D eigenvalue weighted by Crippen LogP contribution is 2.22. The minimum atomic E-state index is -0.694. The highest BCUT2D eigenvalue weighted by atomic mass is 16.6. The minimum Gasteiger partial charge on any atom is -0.489 e. The van der Waals surface area contributed by atoms with Gasteiger partial charge in [0, 0.05) is 0 Å². The number of benzene rings is 2. The molecule has 0 bridgehead atoms. The number of esters is 1. The van der Waals surface area contributed by atoms with Crippen molar-refractivity contribution in [3.63, 3.8) is 0 Å². The van der Waals surface area contributed by atoms with Gasteiger partial charge < -0.3 is 14.2 Å². The van der Waals surface area contributed by atoms with E-state index in [0.29, 0.717) is 18.6 Å². The van der Waals surface area contributed by atoms with Gasteiger partial charge in [-0.2, -0.15) is 5.26 Å². The summed E-state index contributed by atoms with van der Waals surface area (Å²) in [5.74, 6) is 0.284. The number of hydrogen-bond donors (Lipinski definition) is 0. The van der Waals surface area contributed by atoms with Gasteiger partial charge in [0.25, 0.3) is 0 Å². The molecular formula is C23H24N2O5. The normalized spacial score (nSPS) is 16.5. The van der Waals surface area contributed by atoms with E-state index in [4.69, 9.17) is 19.5 Å². The summed E-state index contributed by atoms with van der Waals surface area (Å²) in [5.41, 5.74) is 2.59. The monoisotopic (exact) mass is 408 g/mol. The van der Waals surface area contributed by atoms with E-state index < -0.39 is 18.1 Å². The number of hydrogen-bond acceptors (Lipinski definition) is 6. The van der Waals surface area contributed by atoms with Gasteiger partial charge in [0.2, 0.25) is 0 Å². The van der Waals surface area contributed by atoms with Crippen LogP contribution in [0.4, 0.5) is 4.79 Å². The van der Waals surface area contributed by atoms with Crippen molar-refractivity contribution in [2.75, 3.05) is 13.2 Å². The molecule has 1 aliphatic heterocycles. The Labute approximate surface area is 175 Å². The van der Waals surface area contributed by atoms with Crippen molar-refractivity contribution in [3.8, 4) is 11.8 Å². The molecule has 0 spiro atoms. The maximum absolute atomic E-state index is 12.1. The number of nitrogens with zero attached hydrogens (tertiary/aromatic N) is 2. The zero-order valence-corrected chi connectivity index (χ0v) is 17.0. The third-order valence-electron chi connectivity index (χ3n) is 4.93. The SMILES string of the molecule is CCOC(=O)C(C)N1C(=O)OC[C@H]1Cc1ccc(OCc2ccc(C#N)cc2)cc1. The number of rotatable bonds is 8.